The highest BCUT2D eigenvalue weighted by Gasteiger charge is 2.23. The van der Waals surface area contributed by atoms with Crippen molar-refractivity contribution >= 4 is 17.7 Å². The summed E-state index contributed by atoms with van der Waals surface area (Å²) in [4.78, 5) is 34.5. The highest BCUT2D eigenvalue weighted by atomic mass is 16.2. The van der Waals surface area contributed by atoms with Gasteiger partial charge in [-0.15, -0.1) is 0 Å². The number of carbonyl (C=O) groups excluding carboxylic acids is 3. The Morgan fingerprint density at radius 1 is 0.905 bits per heavy atom. The zero-order valence-corrected chi connectivity index (χ0v) is 11.7. The van der Waals surface area contributed by atoms with Gasteiger partial charge in [-0.05, 0) is 18.4 Å². The van der Waals surface area contributed by atoms with Gasteiger partial charge in [0.15, 0.2) is 0 Å². The maximum Gasteiger partial charge on any atom is 0.239 e. The largest absolute Gasteiger partial charge is 0.352 e. The number of nitrogens with one attached hydrogen (secondary N) is 3. The van der Waals surface area contributed by atoms with Crippen LogP contribution < -0.4 is 16.0 Å². The molecule has 0 radical (unpaired) electrons. The molecule has 1 saturated carbocycles. The highest BCUT2D eigenvalue weighted by Crippen LogP contribution is 2.18. The van der Waals surface area contributed by atoms with Crippen LogP contribution in [0.5, 0.6) is 0 Å². The van der Waals surface area contributed by atoms with Gasteiger partial charge in [-0.25, -0.2) is 0 Å². The molecule has 1 aliphatic carbocycles. The van der Waals surface area contributed by atoms with Gasteiger partial charge < -0.3 is 16.0 Å². The lowest BCUT2D eigenvalue weighted by Gasteiger charge is -2.07. The Morgan fingerprint density at radius 2 is 1.52 bits per heavy atom. The molecule has 3 amide bonds. The van der Waals surface area contributed by atoms with E-state index in [4.69, 9.17) is 0 Å². The quantitative estimate of drug-likeness (QED) is 0.646. The Kier molecular flexibility index (Phi) is 5.31. The van der Waals surface area contributed by atoms with Crippen LogP contribution in [0.4, 0.5) is 0 Å². The highest BCUT2D eigenvalue weighted by molar-refractivity contribution is 5.88. The monoisotopic (exact) mass is 289 g/mol. The van der Waals surface area contributed by atoms with E-state index >= 15 is 0 Å². The van der Waals surface area contributed by atoms with E-state index in [9.17, 15) is 14.4 Å². The molecule has 0 saturated heterocycles. The summed E-state index contributed by atoms with van der Waals surface area (Å²) in [5.74, 6) is -0.789. The van der Waals surface area contributed by atoms with Gasteiger partial charge in [0.25, 0.3) is 0 Å². The van der Waals surface area contributed by atoms with Crippen molar-refractivity contribution in [3.63, 3.8) is 0 Å². The van der Waals surface area contributed by atoms with E-state index in [1.807, 2.05) is 30.3 Å². The van der Waals surface area contributed by atoms with Crippen LogP contribution in [0.1, 0.15) is 18.4 Å². The molecule has 0 aliphatic heterocycles. The van der Waals surface area contributed by atoms with Crippen molar-refractivity contribution in [2.45, 2.75) is 25.3 Å². The number of hydrogen-bond acceptors (Lipinski definition) is 3. The lowest BCUT2D eigenvalue weighted by Crippen LogP contribution is -2.42. The molecule has 0 bridgehead atoms. The Balaban J connectivity index is 1.59. The van der Waals surface area contributed by atoms with Crippen LogP contribution in [-0.2, 0) is 20.8 Å². The molecule has 1 fully saturated rings. The van der Waals surface area contributed by atoms with Gasteiger partial charge in [0.2, 0.25) is 17.7 Å². The smallest absolute Gasteiger partial charge is 0.239 e. The number of hydrogen-bond donors (Lipinski definition) is 3. The fourth-order valence-electron chi connectivity index (χ4n) is 1.77. The van der Waals surface area contributed by atoms with Crippen molar-refractivity contribution in [1.82, 2.24) is 16.0 Å². The van der Waals surface area contributed by atoms with Crippen LogP contribution >= 0.6 is 0 Å². The molecule has 3 N–H and O–H groups in total. The van der Waals surface area contributed by atoms with Crippen LogP contribution in [0.3, 0.4) is 0 Å². The Labute approximate surface area is 123 Å². The standard InChI is InChI=1S/C15H19N3O3/c19-13(8-11-4-2-1-3-5-11)16-9-14(20)17-10-15(21)18-12-6-7-12/h1-5,12H,6-10H2,(H,16,19)(H,17,20)(H,18,21). The van der Waals surface area contributed by atoms with Gasteiger partial charge >= 0.3 is 0 Å². The summed E-state index contributed by atoms with van der Waals surface area (Å²) in [6.45, 7) is -0.174. The molecular weight excluding hydrogens is 270 g/mol. The van der Waals surface area contributed by atoms with Crippen LogP contribution in [0.2, 0.25) is 0 Å². The van der Waals surface area contributed by atoms with Gasteiger partial charge in [-0.3, -0.25) is 14.4 Å². The molecular formula is C15H19N3O3. The molecule has 0 spiro atoms. The summed E-state index contributed by atoms with van der Waals surface area (Å²) in [5, 5.41) is 7.76. The van der Waals surface area contributed by atoms with E-state index in [2.05, 4.69) is 16.0 Å². The maximum atomic E-state index is 11.6. The number of benzene rings is 1. The van der Waals surface area contributed by atoms with Crippen LogP contribution in [-0.4, -0.2) is 36.9 Å². The van der Waals surface area contributed by atoms with Crippen molar-refractivity contribution < 1.29 is 14.4 Å². The molecule has 1 aliphatic rings. The third-order valence-corrected chi connectivity index (χ3v) is 3.04. The minimum atomic E-state index is -0.373. The Hall–Kier alpha value is -2.37. The summed E-state index contributed by atoms with van der Waals surface area (Å²) < 4.78 is 0. The number of amides is 3. The first-order valence-electron chi connectivity index (χ1n) is 7.00. The average molecular weight is 289 g/mol. The van der Waals surface area contributed by atoms with E-state index in [0.29, 0.717) is 0 Å². The average Bonchev–Trinajstić information content (AvgIpc) is 3.28. The first-order valence-corrected chi connectivity index (χ1v) is 7.00. The third kappa shape index (κ3) is 6.07. The van der Waals surface area contributed by atoms with Crippen molar-refractivity contribution in [3.8, 4) is 0 Å². The van der Waals surface area contributed by atoms with Crippen LogP contribution in [0.15, 0.2) is 30.3 Å². The second kappa shape index (κ2) is 7.42. The summed E-state index contributed by atoms with van der Waals surface area (Å²) >= 11 is 0. The minimum absolute atomic E-state index is 0.0517. The van der Waals surface area contributed by atoms with Gasteiger partial charge in [-0.2, -0.15) is 0 Å². The number of rotatable bonds is 7. The summed E-state index contributed by atoms with van der Waals surface area (Å²) in [5.41, 5.74) is 0.888. The first-order chi connectivity index (χ1) is 10.1. The zero-order chi connectivity index (χ0) is 15.1. The number of carbonyl (C=O) groups is 3. The molecule has 6 heteroatoms. The predicted molar refractivity (Wildman–Crippen MR) is 77.3 cm³/mol. The molecule has 1 aromatic rings. The van der Waals surface area contributed by atoms with Crippen molar-refractivity contribution in [3.05, 3.63) is 35.9 Å². The lowest BCUT2D eigenvalue weighted by atomic mass is 10.1. The van der Waals surface area contributed by atoms with Crippen molar-refractivity contribution in [2.24, 2.45) is 0 Å². The molecule has 2 rings (SSSR count). The van der Waals surface area contributed by atoms with Crippen LogP contribution in [0, 0.1) is 0 Å². The molecule has 0 unspecified atom stereocenters. The molecule has 112 valence electrons. The van der Waals surface area contributed by atoms with E-state index in [-0.39, 0.29) is 43.3 Å². The predicted octanol–water partition coefficient (Wildman–Crippen LogP) is -0.260. The van der Waals surface area contributed by atoms with Gasteiger partial charge in [0, 0.05) is 6.04 Å². The minimum Gasteiger partial charge on any atom is -0.352 e. The van der Waals surface area contributed by atoms with E-state index < -0.39 is 0 Å². The van der Waals surface area contributed by atoms with Crippen molar-refractivity contribution in [1.29, 1.82) is 0 Å². The van der Waals surface area contributed by atoms with Gasteiger partial charge in [-0.1, -0.05) is 30.3 Å². The van der Waals surface area contributed by atoms with Crippen LogP contribution in [0.25, 0.3) is 0 Å². The van der Waals surface area contributed by atoms with Gasteiger partial charge in [0.05, 0.1) is 19.5 Å². The van der Waals surface area contributed by atoms with E-state index in [1.165, 1.54) is 0 Å². The first kappa shape index (κ1) is 15.0. The van der Waals surface area contributed by atoms with E-state index in [0.717, 1.165) is 18.4 Å². The van der Waals surface area contributed by atoms with E-state index in [1.54, 1.807) is 0 Å². The van der Waals surface area contributed by atoms with Crippen molar-refractivity contribution in [2.75, 3.05) is 13.1 Å². The molecule has 0 aromatic heterocycles. The summed E-state index contributed by atoms with van der Waals surface area (Å²) in [6.07, 6.45) is 2.25. The summed E-state index contributed by atoms with van der Waals surface area (Å²) in [7, 11) is 0. The molecule has 0 heterocycles. The topological polar surface area (TPSA) is 87.3 Å². The maximum absolute atomic E-state index is 11.6. The second-order valence-electron chi connectivity index (χ2n) is 5.06. The summed E-state index contributed by atoms with van der Waals surface area (Å²) in [6, 6.07) is 9.56. The lowest BCUT2D eigenvalue weighted by molar-refractivity contribution is -0.127. The molecule has 0 atom stereocenters. The molecule has 6 nitrogen and oxygen atoms in total. The molecule has 1 aromatic carbocycles. The van der Waals surface area contributed by atoms with Gasteiger partial charge in [0.1, 0.15) is 0 Å². The fraction of sp³-hybridized carbons (Fsp3) is 0.400. The Bertz CT molecular complexity index is 512. The zero-order valence-electron chi connectivity index (χ0n) is 11.7. The fourth-order valence-corrected chi connectivity index (χ4v) is 1.77. The Morgan fingerprint density at radius 3 is 2.19 bits per heavy atom. The SMILES string of the molecule is O=C(CNC(=O)Cc1ccccc1)NCC(=O)NC1CC1. The third-order valence-electron chi connectivity index (χ3n) is 3.04. The second-order valence-corrected chi connectivity index (χ2v) is 5.06. The normalized spacial score (nSPS) is 13.3. The molecule has 21 heavy (non-hydrogen) atoms.